The van der Waals surface area contributed by atoms with Crippen molar-refractivity contribution in [3.63, 3.8) is 0 Å². The molecule has 0 aliphatic heterocycles. The van der Waals surface area contributed by atoms with Gasteiger partial charge in [0.25, 0.3) is 0 Å². The van der Waals surface area contributed by atoms with E-state index >= 15 is 0 Å². The molecule has 0 amide bonds. The zero-order valence-electron chi connectivity index (χ0n) is 11.4. The zero-order chi connectivity index (χ0) is 15.4. The first-order valence-corrected chi connectivity index (χ1v) is 6.25. The predicted molar refractivity (Wildman–Crippen MR) is 74.9 cm³/mol. The molecule has 0 unspecified atom stereocenters. The van der Waals surface area contributed by atoms with Crippen LogP contribution in [-0.4, -0.2) is 29.4 Å². The molecular formula is C15H14FNO4. The summed E-state index contributed by atoms with van der Waals surface area (Å²) in [7, 11) is 1.53. The molecule has 0 saturated heterocycles. The Morgan fingerprint density at radius 1 is 1.29 bits per heavy atom. The van der Waals surface area contributed by atoms with Crippen molar-refractivity contribution in [2.45, 2.75) is 6.54 Å². The van der Waals surface area contributed by atoms with Gasteiger partial charge in [-0.25, -0.2) is 9.18 Å². The van der Waals surface area contributed by atoms with E-state index in [9.17, 15) is 14.0 Å². The van der Waals surface area contributed by atoms with E-state index in [0.717, 1.165) is 0 Å². The Kier molecular flexibility index (Phi) is 4.49. The molecule has 0 aliphatic rings. The van der Waals surface area contributed by atoms with Gasteiger partial charge in [0.05, 0.1) is 6.61 Å². The summed E-state index contributed by atoms with van der Waals surface area (Å²) in [6.07, 6.45) is 2.82. The van der Waals surface area contributed by atoms with Gasteiger partial charge >= 0.3 is 5.97 Å². The maximum Gasteiger partial charge on any atom is 0.341 e. The second-order valence-electron chi connectivity index (χ2n) is 4.46. The van der Waals surface area contributed by atoms with Gasteiger partial charge in [0.15, 0.2) is 0 Å². The maximum absolute atomic E-state index is 13.0. The molecule has 0 atom stereocenters. The highest BCUT2D eigenvalue weighted by atomic mass is 19.1. The highest BCUT2D eigenvalue weighted by molar-refractivity contribution is 5.88. The first kappa shape index (κ1) is 14.9. The van der Waals surface area contributed by atoms with Crippen molar-refractivity contribution in [1.82, 2.24) is 4.57 Å². The van der Waals surface area contributed by atoms with Crippen LogP contribution in [0.4, 0.5) is 4.39 Å². The standard InChI is InChI=1S/C15H14FNO4/c1-21-7-6-17-8-12(10-2-4-11(16)5-3-10)14(18)13(9-17)15(19)20/h2-5,8-9H,6-7H2,1H3,(H,19,20). The number of hydrogen-bond donors (Lipinski definition) is 1. The maximum atomic E-state index is 13.0. The third-order valence-electron chi connectivity index (χ3n) is 3.02. The summed E-state index contributed by atoms with van der Waals surface area (Å²) in [4.78, 5) is 23.4. The van der Waals surface area contributed by atoms with E-state index in [1.165, 1.54) is 37.6 Å². The van der Waals surface area contributed by atoms with Crippen molar-refractivity contribution >= 4 is 5.97 Å². The van der Waals surface area contributed by atoms with Crippen LogP contribution in [0.15, 0.2) is 41.5 Å². The lowest BCUT2D eigenvalue weighted by Crippen LogP contribution is -2.20. The fourth-order valence-electron chi connectivity index (χ4n) is 1.94. The predicted octanol–water partition coefficient (Wildman–Crippen LogP) is 2.00. The minimum absolute atomic E-state index is 0.214. The van der Waals surface area contributed by atoms with E-state index in [4.69, 9.17) is 9.84 Å². The molecule has 0 radical (unpaired) electrons. The van der Waals surface area contributed by atoms with Crippen LogP contribution >= 0.6 is 0 Å². The number of benzene rings is 1. The van der Waals surface area contributed by atoms with Crippen LogP contribution in [0.5, 0.6) is 0 Å². The molecular weight excluding hydrogens is 277 g/mol. The molecule has 2 rings (SSSR count). The fourth-order valence-corrected chi connectivity index (χ4v) is 1.94. The van der Waals surface area contributed by atoms with E-state index in [1.807, 2.05) is 0 Å². The Morgan fingerprint density at radius 2 is 1.95 bits per heavy atom. The number of ether oxygens (including phenoxy) is 1. The summed E-state index contributed by atoms with van der Waals surface area (Å²) >= 11 is 0. The molecule has 0 bridgehead atoms. The number of aromatic nitrogens is 1. The zero-order valence-corrected chi connectivity index (χ0v) is 11.4. The Hall–Kier alpha value is -2.47. The Bertz CT molecular complexity index is 707. The molecule has 0 aliphatic carbocycles. The Morgan fingerprint density at radius 3 is 2.52 bits per heavy atom. The molecule has 0 spiro atoms. The van der Waals surface area contributed by atoms with Crippen LogP contribution in [-0.2, 0) is 11.3 Å². The van der Waals surface area contributed by atoms with E-state index in [2.05, 4.69) is 0 Å². The van der Waals surface area contributed by atoms with Crippen molar-refractivity contribution in [3.8, 4) is 11.1 Å². The topological polar surface area (TPSA) is 68.5 Å². The van der Waals surface area contributed by atoms with Crippen LogP contribution in [0, 0.1) is 5.82 Å². The Balaban J connectivity index is 2.57. The van der Waals surface area contributed by atoms with Gasteiger partial charge in [0.1, 0.15) is 11.4 Å². The quantitative estimate of drug-likeness (QED) is 0.915. The average Bonchev–Trinajstić information content (AvgIpc) is 2.47. The van der Waals surface area contributed by atoms with E-state index in [1.54, 1.807) is 10.8 Å². The molecule has 1 aromatic carbocycles. The minimum Gasteiger partial charge on any atom is -0.477 e. The first-order valence-electron chi connectivity index (χ1n) is 6.25. The molecule has 0 saturated carbocycles. The first-order chi connectivity index (χ1) is 10.0. The number of rotatable bonds is 5. The van der Waals surface area contributed by atoms with Crippen LogP contribution in [0.1, 0.15) is 10.4 Å². The van der Waals surface area contributed by atoms with Gasteiger partial charge < -0.3 is 14.4 Å². The summed E-state index contributed by atoms with van der Waals surface area (Å²) in [5.41, 5.74) is -0.239. The van der Waals surface area contributed by atoms with Crippen molar-refractivity contribution in [3.05, 3.63) is 58.3 Å². The number of carboxylic acids is 1. The van der Waals surface area contributed by atoms with E-state index < -0.39 is 17.2 Å². The van der Waals surface area contributed by atoms with Crippen molar-refractivity contribution in [2.24, 2.45) is 0 Å². The van der Waals surface area contributed by atoms with Crippen LogP contribution < -0.4 is 5.43 Å². The average molecular weight is 291 g/mol. The number of carbonyl (C=O) groups is 1. The van der Waals surface area contributed by atoms with Gasteiger partial charge in [-0.1, -0.05) is 12.1 Å². The highest BCUT2D eigenvalue weighted by Crippen LogP contribution is 2.16. The van der Waals surface area contributed by atoms with Crippen LogP contribution in [0.25, 0.3) is 11.1 Å². The number of methoxy groups -OCH3 is 1. The van der Waals surface area contributed by atoms with Gasteiger partial charge in [-0.05, 0) is 17.7 Å². The molecule has 5 nitrogen and oxygen atoms in total. The number of aromatic carboxylic acids is 1. The largest absolute Gasteiger partial charge is 0.477 e. The van der Waals surface area contributed by atoms with Crippen molar-refractivity contribution < 1.29 is 19.0 Å². The van der Waals surface area contributed by atoms with Gasteiger partial charge in [-0.2, -0.15) is 0 Å². The number of nitrogens with zero attached hydrogens (tertiary/aromatic N) is 1. The highest BCUT2D eigenvalue weighted by Gasteiger charge is 2.15. The Labute approximate surface area is 120 Å². The lowest BCUT2D eigenvalue weighted by atomic mass is 10.0. The lowest BCUT2D eigenvalue weighted by molar-refractivity contribution is 0.0694. The second-order valence-corrected chi connectivity index (χ2v) is 4.46. The molecule has 1 aromatic heterocycles. The van der Waals surface area contributed by atoms with E-state index in [-0.39, 0.29) is 11.1 Å². The van der Waals surface area contributed by atoms with Crippen molar-refractivity contribution in [2.75, 3.05) is 13.7 Å². The van der Waals surface area contributed by atoms with Gasteiger partial charge in [-0.15, -0.1) is 0 Å². The van der Waals surface area contributed by atoms with Crippen LogP contribution in [0.3, 0.4) is 0 Å². The number of hydrogen-bond acceptors (Lipinski definition) is 3. The summed E-state index contributed by atoms with van der Waals surface area (Å²) in [5.74, 6) is -1.72. The third kappa shape index (κ3) is 3.35. The molecule has 2 aromatic rings. The summed E-state index contributed by atoms with van der Waals surface area (Å²) in [6.45, 7) is 0.788. The minimum atomic E-state index is -1.30. The third-order valence-corrected chi connectivity index (χ3v) is 3.02. The van der Waals surface area contributed by atoms with Gasteiger partial charge in [-0.3, -0.25) is 4.79 Å². The SMILES string of the molecule is COCCn1cc(C(=O)O)c(=O)c(-c2ccc(F)cc2)c1. The fraction of sp³-hybridized carbons (Fsp3) is 0.200. The normalized spacial score (nSPS) is 10.6. The summed E-state index contributed by atoms with van der Waals surface area (Å²) < 4.78 is 19.5. The number of pyridine rings is 1. The summed E-state index contributed by atoms with van der Waals surface area (Å²) in [6, 6.07) is 5.33. The van der Waals surface area contributed by atoms with Gasteiger partial charge in [0, 0.05) is 31.6 Å². The second kappa shape index (κ2) is 6.32. The molecule has 6 heteroatoms. The lowest BCUT2D eigenvalue weighted by Gasteiger charge is -2.10. The monoisotopic (exact) mass is 291 g/mol. The number of carboxylic acid groups (broad SMARTS) is 1. The molecule has 1 N–H and O–H groups in total. The molecule has 110 valence electrons. The molecule has 1 heterocycles. The van der Waals surface area contributed by atoms with Gasteiger partial charge in [0.2, 0.25) is 5.43 Å². The number of halogens is 1. The smallest absolute Gasteiger partial charge is 0.341 e. The molecule has 0 fully saturated rings. The van der Waals surface area contributed by atoms with Crippen LogP contribution in [0.2, 0.25) is 0 Å². The molecule has 21 heavy (non-hydrogen) atoms. The van der Waals surface area contributed by atoms with E-state index in [0.29, 0.717) is 18.7 Å². The van der Waals surface area contributed by atoms with Crippen molar-refractivity contribution in [1.29, 1.82) is 0 Å². The summed E-state index contributed by atoms with van der Waals surface area (Å²) in [5, 5.41) is 9.13.